The number of carbonyl (C=O) groups is 1. The van der Waals surface area contributed by atoms with Crippen molar-refractivity contribution in [3.05, 3.63) is 23.5 Å². The molecule has 0 fully saturated rings. The Labute approximate surface area is 94.0 Å². The zero-order chi connectivity index (χ0) is 12.1. The molecule has 16 heavy (non-hydrogen) atoms. The number of likely N-dealkylation sites (N-methyl/N-ethyl adjacent to an activating group) is 1. The summed E-state index contributed by atoms with van der Waals surface area (Å²) in [6.07, 6.45) is 0. The minimum Gasteiger partial charge on any atom is -0.397 e. The van der Waals surface area contributed by atoms with Crippen molar-refractivity contribution in [2.45, 2.75) is 13.8 Å². The lowest BCUT2D eigenvalue weighted by Gasteiger charge is -2.10. The Morgan fingerprint density at radius 3 is 2.81 bits per heavy atom. The average Bonchev–Trinajstić information content (AvgIpc) is 2.22. The van der Waals surface area contributed by atoms with E-state index in [1.807, 2.05) is 6.92 Å². The van der Waals surface area contributed by atoms with Gasteiger partial charge < -0.3 is 16.4 Å². The zero-order valence-electron chi connectivity index (χ0n) is 9.43. The molecule has 0 saturated carbocycles. The zero-order valence-corrected chi connectivity index (χ0v) is 9.43. The van der Waals surface area contributed by atoms with Crippen molar-refractivity contribution in [1.29, 1.82) is 0 Å². The van der Waals surface area contributed by atoms with Gasteiger partial charge in [0.25, 0.3) is 0 Å². The fraction of sp³-hybridized carbons (Fsp3) is 0.364. The molecule has 1 aromatic rings. The fourth-order valence-electron chi connectivity index (χ4n) is 1.29. The number of nitrogen functional groups attached to an aromatic ring is 1. The Bertz CT molecular complexity index is 393. The summed E-state index contributed by atoms with van der Waals surface area (Å²) in [5.41, 5.74) is 6.98. The highest BCUT2D eigenvalue weighted by molar-refractivity contribution is 5.82. The van der Waals surface area contributed by atoms with Crippen LogP contribution in [-0.4, -0.2) is 19.0 Å². The number of nitrogens with one attached hydrogen (secondary N) is 2. The van der Waals surface area contributed by atoms with E-state index in [1.165, 1.54) is 6.07 Å². The molecular formula is C11H16FN3O. The molecule has 88 valence electrons. The molecule has 0 radical (unpaired) electrons. The Morgan fingerprint density at radius 1 is 1.50 bits per heavy atom. The van der Waals surface area contributed by atoms with Crippen LogP contribution in [0.5, 0.6) is 0 Å². The van der Waals surface area contributed by atoms with Gasteiger partial charge in [0.15, 0.2) is 0 Å². The molecule has 4 N–H and O–H groups in total. The van der Waals surface area contributed by atoms with Gasteiger partial charge in [-0.3, -0.25) is 4.79 Å². The summed E-state index contributed by atoms with van der Waals surface area (Å²) in [7, 11) is 0. The van der Waals surface area contributed by atoms with Gasteiger partial charge in [-0.15, -0.1) is 0 Å². The highest BCUT2D eigenvalue weighted by Gasteiger charge is 2.06. The minimum absolute atomic E-state index is 0.121. The topological polar surface area (TPSA) is 67.2 Å². The first kappa shape index (κ1) is 12.3. The van der Waals surface area contributed by atoms with Crippen molar-refractivity contribution in [1.82, 2.24) is 5.32 Å². The standard InChI is InChI=1S/C11H16FN3O/c1-3-14-11(16)6-15-10-4-7(2)8(12)5-9(10)13/h4-5,15H,3,6,13H2,1-2H3,(H,14,16). The highest BCUT2D eigenvalue weighted by Crippen LogP contribution is 2.21. The quantitative estimate of drug-likeness (QED) is 0.676. The van der Waals surface area contributed by atoms with Crippen molar-refractivity contribution in [2.24, 2.45) is 0 Å². The number of hydrogen-bond acceptors (Lipinski definition) is 3. The molecule has 1 amide bonds. The van der Waals surface area contributed by atoms with Crippen molar-refractivity contribution >= 4 is 17.3 Å². The minimum atomic E-state index is -0.346. The monoisotopic (exact) mass is 225 g/mol. The van der Waals surface area contributed by atoms with Crippen molar-refractivity contribution in [3.8, 4) is 0 Å². The average molecular weight is 225 g/mol. The third kappa shape index (κ3) is 3.12. The molecule has 5 heteroatoms. The second kappa shape index (κ2) is 5.34. The first-order valence-corrected chi connectivity index (χ1v) is 5.10. The van der Waals surface area contributed by atoms with E-state index in [-0.39, 0.29) is 18.3 Å². The molecule has 0 spiro atoms. The summed E-state index contributed by atoms with van der Waals surface area (Å²) in [5.74, 6) is -0.468. The summed E-state index contributed by atoms with van der Waals surface area (Å²) < 4.78 is 13.1. The molecule has 0 aliphatic carbocycles. The number of anilines is 2. The van der Waals surface area contributed by atoms with Gasteiger partial charge in [-0.2, -0.15) is 0 Å². The lowest BCUT2D eigenvalue weighted by molar-refractivity contribution is -0.119. The van der Waals surface area contributed by atoms with E-state index < -0.39 is 0 Å². The van der Waals surface area contributed by atoms with E-state index >= 15 is 0 Å². The number of halogens is 1. The fourth-order valence-corrected chi connectivity index (χ4v) is 1.29. The summed E-state index contributed by atoms with van der Waals surface area (Å²) in [6, 6.07) is 2.83. The second-order valence-corrected chi connectivity index (χ2v) is 3.50. The van der Waals surface area contributed by atoms with Crippen LogP contribution >= 0.6 is 0 Å². The lowest BCUT2D eigenvalue weighted by Crippen LogP contribution is -2.29. The Balaban J connectivity index is 2.67. The number of nitrogens with two attached hydrogens (primary N) is 1. The summed E-state index contributed by atoms with van der Waals surface area (Å²) in [4.78, 5) is 11.2. The predicted molar refractivity (Wildman–Crippen MR) is 62.7 cm³/mol. The molecular weight excluding hydrogens is 209 g/mol. The number of rotatable bonds is 4. The van der Waals surface area contributed by atoms with Gasteiger partial charge in [-0.1, -0.05) is 0 Å². The van der Waals surface area contributed by atoms with Gasteiger partial charge in [-0.05, 0) is 31.5 Å². The second-order valence-electron chi connectivity index (χ2n) is 3.50. The lowest BCUT2D eigenvalue weighted by atomic mass is 10.2. The van der Waals surface area contributed by atoms with Gasteiger partial charge in [0, 0.05) is 6.54 Å². The molecule has 0 bridgehead atoms. The first-order chi connectivity index (χ1) is 7.54. The third-order valence-corrected chi connectivity index (χ3v) is 2.14. The maximum atomic E-state index is 13.1. The smallest absolute Gasteiger partial charge is 0.239 e. The SMILES string of the molecule is CCNC(=O)CNc1cc(C)c(F)cc1N. The van der Waals surface area contributed by atoms with Crippen LogP contribution in [0.3, 0.4) is 0 Å². The maximum absolute atomic E-state index is 13.1. The molecule has 0 aromatic heterocycles. The maximum Gasteiger partial charge on any atom is 0.239 e. The third-order valence-electron chi connectivity index (χ3n) is 2.14. The van der Waals surface area contributed by atoms with Gasteiger partial charge >= 0.3 is 0 Å². The Hall–Kier alpha value is -1.78. The van der Waals surface area contributed by atoms with E-state index in [1.54, 1.807) is 13.0 Å². The largest absolute Gasteiger partial charge is 0.397 e. The van der Waals surface area contributed by atoms with E-state index in [2.05, 4.69) is 10.6 Å². The Morgan fingerprint density at radius 2 is 2.19 bits per heavy atom. The van der Waals surface area contributed by atoms with Crippen molar-refractivity contribution in [3.63, 3.8) is 0 Å². The molecule has 1 aromatic carbocycles. The number of amides is 1. The van der Waals surface area contributed by atoms with Crippen molar-refractivity contribution in [2.75, 3.05) is 24.1 Å². The molecule has 0 aliphatic heterocycles. The molecule has 1 rings (SSSR count). The van der Waals surface area contributed by atoms with Gasteiger partial charge in [0.1, 0.15) is 5.82 Å². The van der Waals surface area contributed by atoms with Crippen LogP contribution in [0.25, 0.3) is 0 Å². The van der Waals surface area contributed by atoms with E-state index in [0.717, 1.165) is 0 Å². The molecule has 0 saturated heterocycles. The molecule has 0 heterocycles. The van der Waals surface area contributed by atoms with Crippen LogP contribution in [0.15, 0.2) is 12.1 Å². The van der Waals surface area contributed by atoms with Crippen LogP contribution in [0.1, 0.15) is 12.5 Å². The first-order valence-electron chi connectivity index (χ1n) is 5.10. The van der Waals surface area contributed by atoms with Gasteiger partial charge in [-0.25, -0.2) is 4.39 Å². The summed E-state index contributed by atoms with van der Waals surface area (Å²) in [5, 5.41) is 5.51. The summed E-state index contributed by atoms with van der Waals surface area (Å²) >= 11 is 0. The van der Waals surface area contributed by atoms with E-state index in [4.69, 9.17) is 5.73 Å². The molecule has 0 unspecified atom stereocenters. The van der Waals surface area contributed by atoms with E-state index in [9.17, 15) is 9.18 Å². The predicted octanol–water partition coefficient (Wildman–Crippen LogP) is 1.26. The number of carbonyl (C=O) groups excluding carboxylic acids is 1. The van der Waals surface area contributed by atoms with Gasteiger partial charge in [0.05, 0.1) is 17.9 Å². The van der Waals surface area contributed by atoms with Gasteiger partial charge in [0.2, 0.25) is 5.91 Å². The Kier molecular flexibility index (Phi) is 4.10. The highest BCUT2D eigenvalue weighted by atomic mass is 19.1. The van der Waals surface area contributed by atoms with Crippen molar-refractivity contribution < 1.29 is 9.18 Å². The number of hydrogen-bond donors (Lipinski definition) is 3. The van der Waals surface area contributed by atoms with Crippen LogP contribution in [-0.2, 0) is 4.79 Å². The van der Waals surface area contributed by atoms with Crippen LogP contribution in [0.2, 0.25) is 0 Å². The molecule has 0 atom stereocenters. The van der Waals surface area contributed by atoms with Crippen LogP contribution in [0.4, 0.5) is 15.8 Å². The van der Waals surface area contributed by atoms with Crippen LogP contribution < -0.4 is 16.4 Å². The van der Waals surface area contributed by atoms with E-state index in [0.29, 0.717) is 23.5 Å². The number of aryl methyl sites for hydroxylation is 1. The molecule has 0 aliphatic rings. The van der Waals surface area contributed by atoms with Crippen LogP contribution in [0, 0.1) is 12.7 Å². The number of benzene rings is 1. The molecule has 4 nitrogen and oxygen atoms in total. The normalized spacial score (nSPS) is 9.94. The summed E-state index contributed by atoms with van der Waals surface area (Å²) in [6.45, 7) is 4.20.